The van der Waals surface area contributed by atoms with Crippen LogP contribution in [0.15, 0.2) is 23.5 Å². The van der Waals surface area contributed by atoms with E-state index in [0.717, 1.165) is 57.9 Å². The van der Waals surface area contributed by atoms with Gasteiger partial charge in [-0.15, -0.1) is 0 Å². The van der Waals surface area contributed by atoms with Crippen molar-refractivity contribution in [2.45, 2.75) is 25.3 Å². The van der Waals surface area contributed by atoms with Crippen molar-refractivity contribution in [3.8, 4) is 0 Å². The van der Waals surface area contributed by atoms with Gasteiger partial charge in [0.05, 0.1) is 6.54 Å². The molecule has 1 aliphatic carbocycles. The van der Waals surface area contributed by atoms with Crippen LogP contribution >= 0.6 is 0 Å². The number of carbonyl (C=O) groups is 1. The number of nitrogens with zero attached hydrogens (tertiary/aromatic N) is 6. The van der Waals surface area contributed by atoms with E-state index in [1.807, 2.05) is 9.58 Å². The quantitative estimate of drug-likeness (QED) is 0.804. The Labute approximate surface area is 134 Å². The zero-order valence-corrected chi connectivity index (χ0v) is 13.0. The highest BCUT2D eigenvalue weighted by Crippen LogP contribution is 2.41. The Balaban J connectivity index is 1.30. The smallest absolute Gasteiger partial charge is 0.276 e. The first-order valence-corrected chi connectivity index (χ1v) is 8.08. The lowest BCUT2D eigenvalue weighted by Gasteiger charge is -2.34. The van der Waals surface area contributed by atoms with Crippen LogP contribution in [0, 0.1) is 0 Å². The summed E-state index contributed by atoms with van der Waals surface area (Å²) in [5.41, 5.74) is 0.517. The van der Waals surface area contributed by atoms with E-state index in [-0.39, 0.29) is 5.91 Å². The van der Waals surface area contributed by atoms with Gasteiger partial charge in [0, 0.05) is 38.6 Å². The van der Waals surface area contributed by atoms with Gasteiger partial charge >= 0.3 is 0 Å². The first-order chi connectivity index (χ1) is 11.3. The van der Waals surface area contributed by atoms with E-state index in [9.17, 15) is 4.79 Å². The van der Waals surface area contributed by atoms with E-state index in [1.54, 1.807) is 12.7 Å². The van der Waals surface area contributed by atoms with Crippen molar-refractivity contribution in [2.24, 2.45) is 0 Å². The van der Waals surface area contributed by atoms with Gasteiger partial charge in [0.15, 0.2) is 12.1 Å². The molecule has 3 heterocycles. The maximum absolute atomic E-state index is 12.6. The van der Waals surface area contributed by atoms with Crippen molar-refractivity contribution in [2.75, 3.05) is 32.7 Å². The molecule has 8 heteroatoms. The van der Waals surface area contributed by atoms with Crippen molar-refractivity contribution >= 4 is 5.91 Å². The summed E-state index contributed by atoms with van der Waals surface area (Å²) in [7, 11) is 0. The first-order valence-electron chi connectivity index (χ1n) is 8.08. The number of amides is 1. The minimum absolute atomic E-state index is 0.0107. The number of hydrogen-bond acceptors (Lipinski definition) is 6. The van der Waals surface area contributed by atoms with Crippen LogP contribution in [-0.4, -0.2) is 68.2 Å². The van der Waals surface area contributed by atoms with Gasteiger partial charge in [-0.25, -0.2) is 9.97 Å². The Morgan fingerprint density at radius 2 is 2.04 bits per heavy atom. The number of carbonyl (C=O) groups excluding carboxylic acids is 1. The van der Waals surface area contributed by atoms with Crippen LogP contribution in [0.3, 0.4) is 0 Å². The fourth-order valence-corrected chi connectivity index (χ4v) is 2.97. The number of aromatic nitrogens is 4. The minimum atomic E-state index is 0.0107. The predicted octanol–water partition coefficient (Wildman–Crippen LogP) is 0.601. The summed E-state index contributed by atoms with van der Waals surface area (Å²) in [5.74, 6) is 1.20. The summed E-state index contributed by atoms with van der Waals surface area (Å²) in [5, 5.41) is 4.11. The third-order valence-corrected chi connectivity index (χ3v) is 4.52. The lowest BCUT2D eigenvalue weighted by Crippen LogP contribution is -2.49. The molecule has 0 radical (unpaired) electrons. The molecule has 8 nitrogen and oxygen atoms in total. The minimum Gasteiger partial charge on any atom is -0.447 e. The topological polar surface area (TPSA) is 80.3 Å². The van der Waals surface area contributed by atoms with Crippen molar-refractivity contribution in [3.05, 3.63) is 30.5 Å². The third-order valence-electron chi connectivity index (χ3n) is 4.52. The fourth-order valence-electron chi connectivity index (χ4n) is 2.97. The zero-order valence-electron chi connectivity index (χ0n) is 13.0. The highest BCUT2D eigenvalue weighted by atomic mass is 16.3. The van der Waals surface area contributed by atoms with E-state index in [0.29, 0.717) is 11.6 Å². The zero-order chi connectivity index (χ0) is 15.6. The monoisotopic (exact) mass is 316 g/mol. The fraction of sp³-hybridized carbons (Fsp3) is 0.600. The standard InChI is InChI=1S/C15H20N6O2/c22-15(13-14(12-1-2-12)23-11-17-13)20-6-3-19(4-7-20)5-8-21-10-16-9-18-21/h9-12H,1-8H2. The number of hydrogen-bond donors (Lipinski definition) is 0. The van der Waals surface area contributed by atoms with Crippen LogP contribution in [-0.2, 0) is 6.54 Å². The Morgan fingerprint density at radius 1 is 1.22 bits per heavy atom. The molecule has 4 rings (SSSR count). The predicted molar refractivity (Wildman–Crippen MR) is 80.8 cm³/mol. The number of piperazine rings is 1. The number of oxazole rings is 1. The van der Waals surface area contributed by atoms with Crippen LogP contribution in [0.25, 0.3) is 0 Å². The van der Waals surface area contributed by atoms with E-state index in [2.05, 4.69) is 20.0 Å². The second kappa shape index (κ2) is 6.11. The van der Waals surface area contributed by atoms with E-state index in [1.165, 1.54) is 6.39 Å². The molecule has 2 aromatic rings. The Kier molecular flexibility index (Phi) is 3.82. The van der Waals surface area contributed by atoms with Gasteiger partial charge in [-0.05, 0) is 12.8 Å². The molecule has 0 aromatic carbocycles. The molecule has 0 spiro atoms. The van der Waals surface area contributed by atoms with Crippen LogP contribution in [0.4, 0.5) is 0 Å². The van der Waals surface area contributed by atoms with Crippen molar-refractivity contribution in [3.63, 3.8) is 0 Å². The molecule has 2 aromatic heterocycles. The van der Waals surface area contributed by atoms with E-state index < -0.39 is 0 Å². The summed E-state index contributed by atoms with van der Waals surface area (Å²) < 4.78 is 7.25. The van der Waals surface area contributed by atoms with Gasteiger partial charge in [0.2, 0.25) is 0 Å². The number of rotatable bonds is 5. The molecule has 1 saturated heterocycles. The van der Waals surface area contributed by atoms with E-state index in [4.69, 9.17) is 4.42 Å². The van der Waals surface area contributed by atoms with Gasteiger partial charge in [-0.3, -0.25) is 14.4 Å². The normalized spacial score (nSPS) is 19.2. The molecule has 0 bridgehead atoms. The van der Waals surface area contributed by atoms with Crippen molar-refractivity contribution < 1.29 is 9.21 Å². The summed E-state index contributed by atoms with van der Waals surface area (Å²) in [6.07, 6.45) is 6.88. The van der Waals surface area contributed by atoms with Gasteiger partial charge in [0.25, 0.3) is 5.91 Å². The molecule has 1 amide bonds. The van der Waals surface area contributed by atoms with Crippen molar-refractivity contribution in [1.82, 2.24) is 29.5 Å². The molecule has 0 N–H and O–H groups in total. The molecule has 0 atom stereocenters. The largest absolute Gasteiger partial charge is 0.447 e. The second-order valence-corrected chi connectivity index (χ2v) is 6.13. The van der Waals surface area contributed by atoms with Gasteiger partial charge < -0.3 is 9.32 Å². The average molecular weight is 316 g/mol. The lowest BCUT2D eigenvalue weighted by molar-refractivity contribution is 0.0624. The molecule has 0 unspecified atom stereocenters. The summed E-state index contributed by atoms with van der Waals surface area (Å²) in [4.78, 5) is 24.9. The summed E-state index contributed by atoms with van der Waals surface area (Å²) in [6, 6.07) is 0. The van der Waals surface area contributed by atoms with Gasteiger partial charge in [-0.1, -0.05) is 0 Å². The highest BCUT2D eigenvalue weighted by Gasteiger charge is 2.34. The molecule has 1 aliphatic heterocycles. The van der Waals surface area contributed by atoms with Crippen molar-refractivity contribution in [1.29, 1.82) is 0 Å². The van der Waals surface area contributed by atoms with Crippen LogP contribution < -0.4 is 0 Å². The Bertz CT molecular complexity index is 655. The van der Waals surface area contributed by atoms with Gasteiger partial charge in [0.1, 0.15) is 18.4 Å². The Hall–Kier alpha value is -2.22. The molecule has 122 valence electrons. The van der Waals surface area contributed by atoms with Crippen LogP contribution in [0.5, 0.6) is 0 Å². The first kappa shape index (κ1) is 14.4. The highest BCUT2D eigenvalue weighted by molar-refractivity contribution is 5.93. The van der Waals surface area contributed by atoms with Crippen LogP contribution in [0.2, 0.25) is 0 Å². The maximum atomic E-state index is 12.6. The second-order valence-electron chi connectivity index (χ2n) is 6.13. The molecule has 1 saturated carbocycles. The maximum Gasteiger partial charge on any atom is 0.276 e. The average Bonchev–Trinajstić information content (AvgIpc) is 3.10. The Morgan fingerprint density at radius 3 is 2.74 bits per heavy atom. The summed E-state index contributed by atoms with van der Waals surface area (Å²) >= 11 is 0. The summed E-state index contributed by atoms with van der Waals surface area (Å²) in [6.45, 7) is 4.94. The van der Waals surface area contributed by atoms with Gasteiger partial charge in [-0.2, -0.15) is 5.10 Å². The van der Waals surface area contributed by atoms with E-state index >= 15 is 0 Å². The molecule has 23 heavy (non-hydrogen) atoms. The lowest BCUT2D eigenvalue weighted by atomic mass is 10.2. The molecule has 2 fully saturated rings. The third kappa shape index (κ3) is 3.12. The molecular formula is C15H20N6O2. The van der Waals surface area contributed by atoms with Crippen LogP contribution in [0.1, 0.15) is 35.0 Å². The SMILES string of the molecule is O=C(c1ncoc1C1CC1)N1CCN(CCn2cncn2)CC1. The molecular weight excluding hydrogens is 296 g/mol. The molecule has 2 aliphatic rings.